The van der Waals surface area contributed by atoms with Crippen molar-refractivity contribution < 1.29 is 14.2 Å². The first-order chi connectivity index (χ1) is 11.0. The Kier molecular flexibility index (Phi) is 4.33. The van der Waals surface area contributed by atoms with Gasteiger partial charge in [-0.05, 0) is 26.8 Å². The van der Waals surface area contributed by atoms with Gasteiger partial charge in [-0.25, -0.2) is 14.6 Å². The van der Waals surface area contributed by atoms with Gasteiger partial charge in [-0.1, -0.05) is 10.3 Å². The first kappa shape index (κ1) is 15.5. The molecule has 8 nitrogen and oxygen atoms in total. The van der Waals surface area contributed by atoms with Crippen molar-refractivity contribution in [1.29, 1.82) is 0 Å². The smallest absolute Gasteiger partial charge is 0.228 e. The number of aryl methyl sites for hydroxylation is 3. The van der Waals surface area contributed by atoms with E-state index in [1.807, 2.05) is 19.9 Å². The van der Waals surface area contributed by atoms with Gasteiger partial charge in [0, 0.05) is 12.2 Å². The summed E-state index contributed by atoms with van der Waals surface area (Å²) in [6, 6.07) is 1.90. The van der Waals surface area contributed by atoms with Crippen LogP contribution in [-0.2, 0) is 16.0 Å². The summed E-state index contributed by atoms with van der Waals surface area (Å²) in [4.78, 5) is 22.9. The highest BCUT2D eigenvalue weighted by atomic mass is 16.6. The fourth-order valence-corrected chi connectivity index (χ4v) is 2.63. The number of carbonyl (C=O) groups excluding carboxylic acids is 1. The molecule has 0 aromatic carbocycles. The molecular weight excluding hydrogens is 298 g/mol. The summed E-state index contributed by atoms with van der Waals surface area (Å²) < 4.78 is 10.4. The molecule has 0 N–H and O–H groups in total. The largest absolute Gasteiger partial charge is 0.368 e. The van der Waals surface area contributed by atoms with Gasteiger partial charge in [-0.3, -0.25) is 4.79 Å². The molecule has 0 bridgehead atoms. The van der Waals surface area contributed by atoms with Crippen molar-refractivity contribution in [3.8, 4) is 0 Å². The summed E-state index contributed by atoms with van der Waals surface area (Å²) in [6.45, 7) is 7.05. The third kappa shape index (κ3) is 3.53. The number of rotatable bonds is 3. The lowest BCUT2D eigenvalue weighted by molar-refractivity contribution is -0.138. The number of hydrogen-bond donors (Lipinski definition) is 0. The van der Waals surface area contributed by atoms with Crippen molar-refractivity contribution in [1.82, 2.24) is 25.2 Å². The Morgan fingerprint density at radius 3 is 2.83 bits per heavy atom. The van der Waals surface area contributed by atoms with Gasteiger partial charge in [0.2, 0.25) is 5.91 Å². The van der Waals surface area contributed by atoms with Gasteiger partial charge in [0.05, 0.1) is 25.3 Å². The van der Waals surface area contributed by atoms with E-state index in [9.17, 15) is 4.79 Å². The zero-order valence-corrected chi connectivity index (χ0v) is 13.4. The minimum absolute atomic E-state index is 0.0143. The topological polar surface area (TPSA) is 94.2 Å². The molecule has 1 amide bonds. The Bertz CT molecular complexity index is 695. The maximum absolute atomic E-state index is 12.5. The van der Waals surface area contributed by atoms with E-state index in [2.05, 4.69) is 24.9 Å². The van der Waals surface area contributed by atoms with Gasteiger partial charge in [0.25, 0.3) is 0 Å². The lowest BCUT2D eigenvalue weighted by Gasteiger charge is -2.32. The van der Waals surface area contributed by atoms with E-state index in [-0.39, 0.29) is 18.4 Å². The minimum Gasteiger partial charge on any atom is -0.368 e. The number of hydrogen-bond acceptors (Lipinski definition) is 7. The van der Waals surface area contributed by atoms with Crippen LogP contribution in [0.4, 0.5) is 0 Å². The highest BCUT2D eigenvalue weighted by molar-refractivity contribution is 5.78. The summed E-state index contributed by atoms with van der Waals surface area (Å²) >= 11 is 0. The van der Waals surface area contributed by atoms with Crippen LogP contribution in [0.2, 0.25) is 0 Å². The molecule has 2 aromatic rings. The van der Waals surface area contributed by atoms with Crippen LogP contribution in [0.3, 0.4) is 0 Å². The molecule has 1 fully saturated rings. The number of nitrogens with zero attached hydrogens (tertiary/aromatic N) is 5. The van der Waals surface area contributed by atoms with Gasteiger partial charge in [-0.2, -0.15) is 0 Å². The van der Waals surface area contributed by atoms with Crippen molar-refractivity contribution in [2.75, 3.05) is 19.7 Å². The van der Waals surface area contributed by atoms with Gasteiger partial charge in [-0.15, -0.1) is 0 Å². The Balaban J connectivity index is 1.70. The molecule has 122 valence electrons. The number of morpholine rings is 1. The van der Waals surface area contributed by atoms with E-state index in [1.54, 1.807) is 11.8 Å². The highest BCUT2D eigenvalue weighted by Crippen LogP contribution is 2.22. The number of amides is 1. The van der Waals surface area contributed by atoms with Crippen molar-refractivity contribution in [3.05, 3.63) is 34.7 Å². The molecule has 1 aliphatic heterocycles. The van der Waals surface area contributed by atoms with E-state index < -0.39 is 0 Å². The molecule has 1 atom stereocenters. The van der Waals surface area contributed by atoms with Crippen LogP contribution in [0, 0.1) is 20.8 Å². The van der Waals surface area contributed by atoms with Crippen LogP contribution in [-0.4, -0.2) is 50.8 Å². The first-order valence-electron chi connectivity index (χ1n) is 7.52. The second kappa shape index (κ2) is 6.41. The third-order valence-electron chi connectivity index (χ3n) is 3.80. The van der Waals surface area contributed by atoms with E-state index in [0.29, 0.717) is 36.9 Å². The molecule has 23 heavy (non-hydrogen) atoms. The number of carbonyl (C=O) groups is 1. The van der Waals surface area contributed by atoms with E-state index >= 15 is 0 Å². The molecule has 0 aliphatic carbocycles. The second-order valence-corrected chi connectivity index (χ2v) is 5.65. The average molecular weight is 317 g/mol. The maximum atomic E-state index is 12.5. The van der Waals surface area contributed by atoms with Crippen molar-refractivity contribution in [3.63, 3.8) is 0 Å². The SMILES string of the molecule is Cc1cc(C2CN(C(=O)Cc3nonc3C)CCO2)nc(C)n1. The molecule has 3 heterocycles. The number of aromatic nitrogens is 4. The standard InChI is InChI=1S/C15H19N5O3/c1-9-6-13(17-11(3)16-9)14-8-20(4-5-22-14)15(21)7-12-10(2)18-23-19-12/h6,14H,4-5,7-8H2,1-3H3. The van der Waals surface area contributed by atoms with E-state index in [0.717, 1.165) is 11.4 Å². The van der Waals surface area contributed by atoms with Crippen molar-refractivity contribution in [2.24, 2.45) is 0 Å². The predicted molar refractivity (Wildman–Crippen MR) is 79.5 cm³/mol. The zero-order chi connectivity index (χ0) is 16.4. The van der Waals surface area contributed by atoms with E-state index in [4.69, 9.17) is 4.74 Å². The molecule has 1 saturated heterocycles. The van der Waals surface area contributed by atoms with Gasteiger partial charge < -0.3 is 9.64 Å². The summed E-state index contributed by atoms with van der Waals surface area (Å²) in [7, 11) is 0. The van der Waals surface area contributed by atoms with Gasteiger partial charge in [0.1, 0.15) is 23.3 Å². The molecule has 2 aromatic heterocycles. The predicted octanol–water partition coefficient (Wildman–Crippen LogP) is 0.927. The summed E-state index contributed by atoms with van der Waals surface area (Å²) in [5.41, 5.74) is 2.92. The highest BCUT2D eigenvalue weighted by Gasteiger charge is 2.27. The monoisotopic (exact) mass is 317 g/mol. The van der Waals surface area contributed by atoms with Crippen LogP contribution >= 0.6 is 0 Å². The molecule has 8 heteroatoms. The molecule has 0 radical (unpaired) electrons. The first-order valence-corrected chi connectivity index (χ1v) is 7.52. The maximum Gasteiger partial charge on any atom is 0.228 e. The van der Waals surface area contributed by atoms with Crippen LogP contribution in [0.1, 0.15) is 34.7 Å². The molecular formula is C15H19N5O3. The quantitative estimate of drug-likeness (QED) is 0.831. The Labute approximate surface area is 133 Å². The minimum atomic E-state index is -0.232. The molecule has 0 saturated carbocycles. The average Bonchev–Trinajstić information content (AvgIpc) is 2.91. The Morgan fingerprint density at radius 2 is 2.13 bits per heavy atom. The lowest BCUT2D eigenvalue weighted by Crippen LogP contribution is -2.43. The molecule has 0 spiro atoms. The summed E-state index contributed by atoms with van der Waals surface area (Å²) in [5.74, 6) is 0.691. The normalized spacial score (nSPS) is 18.2. The van der Waals surface area contributed by atoms with Crippen LogP contribution in [0.25, 0.3) is 0 Å². The zero-order valence-electron chi connectivity index (χ0n) is 13.4. The Morgan fingerprint density at radius 1 is 1.30 bits per heavy atom. The van der Waals surface area contributed by atoms with Gasteiger partial charge in [0.15, 0.2) is 0 Å². The van der Waals surface area contributed by atoms with Gasteiger partial charge >= 0.3 is 0 Å². The number of ether oxygens (including phenoxy) is 1. The van der Waals surface area contributed by atoms with Crippen molar-refractivity contribution >= 4 is 5.91 Å². The fourth-order valence-electron chi connectivity index (χ4n) is 2.63. The third-order valence-corrected chi connectivity index (χ3v) is 3.80. The molecule has 3 rings (SSSR count). The summed E-state index contributed by atoms with van der Waals surface area (Å²) in [6.07, 6.45) is -0.0474. The second-order valence-electron chi connectivity index (χ2n) is 5.65. The van der Waals surface area contributed by atoms with Crippen molar-refractivity contribution in [2.45, 2.75) is 33.3 Å². The van der Waals surface area contributed by atoms with Crippen LogP contribution in [0.15, 0.2) is 10.7 Å². The van der Waals surface area contributed by atoms with Crippen LogP contribution in [0.5, 0.6) is 0 Å². The molecule has 1 aliphatic rings. The lowest BCUT2D eigenvalue weighted by atomic mass is 10.1. The fraction of sp³-hybridized carbons (Fsp3) is 0.533. The van der Waals surface area contributed by atoms with Crippen LogP contribution < -0.4 is 0 Å². The van der Waals surface area contributed by atoms with E-state index in [1.165, 1.54) is 0 Å². The molecule has 1 unspecified atom stereocenters. The Hall–Kier alpha value is -2.35. The summed E-state index contributed by atoms with van der Waals surface area (Å²) in [5, 5.41) is 7.46.